The summed E-state index contributed by atoms with van der Waals surface area (Å²) in [5.74, 6) is -0.237. The Morgan fingerprint density at radius 3 is 1.83 bits per heavy atom. The summed E-state index contributed by atoms with van der Waals surface area (Å²) in [7, 11) is 0. The Morgan fingerprint density at radius 2 is 1.00 bits per heavy atom. The first kappa shape index (κ1) is 33.6. The molecule has 0 radical (unpaired) electrons. The molecule has 0 bridgehead atoms. The molecular weight excluding hydrogens is 712 g/mol. The van der Waals surface area contributed by atoms with Crippen molar-refractivity contribution in [1.82, 2.24) is 4.57 Å². The number of anilines is 3. The van der Waals surface area contributed by atoms with Crippen molar-refractivity contribution in [2.75, 3.05) is 4.90 Å². The number of aromatic nitrogens is 1. The van der Waals surface area contributed by atoms with E-state index < -0.39 is 0 Å². The van der Waals surface area contributed by atoms with Gasteiger partial charge in [-0.15, -0.1) is 0 Å². The van der Waals surface area contributed by atoms with E-state index in [4.69, 9.17) is 4.42 Å². The second-order valence-electron chi connectivity index (χ2n) is 14.6. The second kappa shape index (κ2) is 13.8. The highest BCUT2D eigenvalue weighted by Crippen LogP contribution is 2.43. The molecule has 0 amide bonds. The van der Waals surface area contributed by atoms with Crippen LogP contribution in [0.2, 0.25) is 0 Å². The number of fused-ring (bicyclic) bond motifs is 6. The molecule has 274 valence electrons. The first-order valence-electron chi connectivity index (χ1n) is 19.5. The Kier molecular flexibility index (Phi) is 8.00. The lowest BCUT2D eigenvalue weighted by molar-refractivity contribution is 0.635. The van der Waals surface area contributed by atoms with Crippen LogP contribution in [-0.2, 0) is 0 Å². The van der Waals surface area contributed by atoms with Gasteiger partial charge in [-0.25, -0.2) is 4.39 Å². The lowest BCUT2D eigenvalue weighted by Gasteiger charge is -2.28. The second-order valence-corrected chi connectivity index (χ2v) is 14.6. The molecule has 0 saturated heterocycles. The molecule has 0 aliphatic rings. The minimum Gasteiger partial charge on any atom is -0.456 e. The van der Waals surface area contributed by atoms with E-state index in [-0.39, 0.29) is 5.82 Å². The van der Waals surface area contributed by atoms with Gasteiger partial charge in [0, 0.05) is 44.2 Å². The molecule has 2 heterocycles. The zero-order chi connectivity index (χ0) is 38.6. The number of para-hydroxylation sites is 4. The van der Waals surface area contributed by atoms with Crippen molar-refractivity contribution < 1.29 is 8.81 Å². The molecule has 3 nitrogen and oxygen atoms in total. The molecule has 2 aromatic heterocycles. The summed E-state index contributed by atoms with van der Waals surface area (Å²) in [6, 6.07) is 73.1. The van der Waals surface area contributed by atoms with Crippen LogP contribution in [0.3, 0.4) is 0 Å². The Balaban J connectivity index is 1.01. The van der Waals surface area contributed by atoms with E-state index in [0.717, 1.165) is 94.4 Å². The maximum Gasteiger partial charge on any atom is 0.147 e. The Bertz CT molecular complexity index is 3290. The van der Waals surface area contributed by atoms with Crippen LogP contribution in [0.5, 0.6) is 0 Å². The molecule has 0 unspecified atom stereocenters. The predicted octanol–water partition coefficient (Wildman–Crippen LogP) is 15.3. The summed E-state index contributed by atoms with van der Waals surface area (Å²) in [5.41, 5.74) is 14.1. The van der Waals surface area contributed by atoms with Gasteiger partial charge in [-0.05, 0) is 94.5 Å². The van der Waals surface area contributed by atoms with Crippen molar-refractivity contribution in [2.24, 2.45) is 0 Å². The Labute approximate surface area is 335 Å². The van der Waals surface area contributed by atoms with Crippen molar-refractivity contribution in [3.63, 3.8) is 0 Å². The first-order chi connectivity index (χ1) is 28.7. The molecule has 0 aliphatic heterocycles. The number of benzene rings is 9. The van der Waals surface area contributed by atoms with Crippen molar-refractivity contribution in [1.29, 1.82) is 0 Å². The maximum absolute atomic E-state index is 15.5. The van der Waals surface area contributed by atoms with E-state index in [1.807, 2.05) is 41.0 Å². The monoisotopic (exact) mass is 746 g/mol. The van der Waals surface area contributed by atoms with Crippen LogP contribution in [0, 0.1) is 5.82 Å². The van der Waals surface area contributed by atoms with Gasteiger partial charge < -0.3 is 13.9 Å². The molecule has 9 aromatic carbocycles. The molecular formula is C54H35FN2O. The number of halogens is 1. The molecule has 11 rings (SSSR count). The zero-order valence-electron chi connectivity index (χ0n) is 31.4. The fourth-order valence-electron chi connectivity index (χ4n) is 8.64. The highest BCUT2D eigenvalue weighted by atomic mass is 19.1. The number of rotatable bonds is 7. The molecule has 0 fully saturated rings. The van der Waals surface area contributed by atoms with Crippen molar-refractivity contribution in [3.8, 4) is 39.1 Å². The van der Waals surface area contributed by atoms with Crippen LogP contribution in [0.4, 0.5) is 21.5 Å². The molecule has 0 spiro atoms. The lowest BCUT2D eigenvalue weighted by atomic mass is 9.98. The SMILES string of the molecule is Fc1cccc2c3ccccc3n(-c3cccc(-c4ccc(N(c5ccc(-c6cccc7oc8ccccc8c67)cc5)c5ccccc5-c5ccccc5)cc4)c3)c12. The highest BCUT2D eigenvalue weighted by Gasteiger charge is 2.20. The molecule has 0 saturated carbocycles. The maximum atomic E-state index is 15.5. The predicted molar refractivity (Wildman–Crippen MR) is 239 cm³/mol. The van der Waals surface area contributed by atoms with E-state index >= 15 is 4.39 Å². The van der Waals surface area contributed by atoms with Crippen LogP contribution >= 0.6 is 0 Å². The number of furan rings is 1. The third-order valence-corrected chi connectivity index (χ3v) is 11.3. The van der Waals surface area contributed by atoms with Crippen molar-refractivity contribution in [3.05, 3.63) is 218 Å². The largest absolute Gasteiger partial charge is 0.456 e. The minimum absolute atomic E-state index is 0.237. The van der Waals surface area contributed by atoms with Gasteiger partial charge in [0.1, 0.15) is 17.0 Å². The first-order valence-corrected chi connectivity index (χ1v) is 19.5. The Morgan fingerprint density at radius 1 is 0.414 bits per heavy atom. The number of hydrogen-bond donors (Lipinski definition) is 0. The summed E-state index contributed by atoms with van der Waals surface area (Å²) >= 11 is 0. The normalized spacial score (nSPS) is 11.5. The van der Waals surface area contributed by atoms with E-state index in [1.165, 1.54) is 6.07 Å². The fourth-order valence-corrected chi connectivity index (χ4v) is 8.64. The summed E-state index contributed by atoms with van der Waals surface area (Å²) in [5, 5.41) is 4.17. The van der Waals surface area contributed by atoms with Gasteiger partial charge in [0.15, 0.2) is 0 Å². The van der Waals surface area contributed by atoms with Gasteiger partial charge in [0.05, 0.1) is 16.7 Å². The van der Waals surface area contributed by atoms with E-state index in [1.54, 1.807) is 6.07 Å². The van der Waals surface area contributed by atoms with Crippen LogP contribution < -0.4 is 4.90 Å². The fraction of sp³-hybridized carbons (Fsp3) is 0. The van der Waals surface area contributed by atoms with Crippen LogP contribution in [0.25, 0.3) is 82.8 Å². The summed E-state index contributed by atoms with van der Waals surface area (Å²) < 4.78 is 23.8. The lowest BCUT2D eigenvalue weighted by Crippen LogP contribution is -2.11. The summed E-state index contributed by atoms with van der Waals surface area (Å²) in [6.07, 6.45) is 0. The smallest absolute Gasteiger partial charge is 0.147 e. The van der Waals surface area contributed by atoms with Crippen LogP contribution in [-0.4, -0.2) is 4.57 Å². The van der Waals surface area contributed by atoms with E-state index in [0.29, 0.717) is 5.52 Å². The van der Waals surface area contributed by atoms with Crippen molar-refractivity contribution in [2.45, 2.75) is 0 Å². The molecule has 11 aromatic rings. The summed E-state index contributed by atoms with van der Waals surface area (Å²) in [4.78, 5) is 2.33. The summed E-state index contributed by atoms with van der Waals surface area (Å²) in [6.45, 7) is 0. The van der Waals surface area contributed by atoms with Crippen LogP contribution in [0.15, 0.2) is 217 Å². The Hall–Kier alpha value is -7.69. The highest BCUT2D eigenvalue weighted by molar-refractivity contribution is 6.12. The standard InChI is InChI=1S/C54H35FN2O/c55-48-22-11-21-46-45-18-5-8-24-50(45)57(54(46)48)42-16-10-15-39(35-42)36-27-31-40(32-28-36)56(49-23-7-4-17-43(49)37-13-2-1-3-14-37)41-33-29-38(30-34-41)44-20-12-26-52-53(44)47-19-6-9-25-51(47)58-52/h1-35H. The average Bonchev–Trinajstić information content (AvgIpc) is 3.85. The van der Waals surface area contributed by atoms with Gasteiger partial charge in [0.2, 0.25) is 0 Å². The van der Waals surface area contributed by atoms with Crippen molar-refractivity contribution >= 4 is 60.8 Å². The molecule has 0 aliphatic carbocycles. The molecule has 0 atom stereocenters. The van der Waals surface area contributed by atoms with E-state index in [9.17, 15) is 0 Å². The quantitative estimate of drug-likeness (QED) is 0.162. The van der Waals surface area contributed by atoms with E-state index in [2.05, 4.69) is 169 Å². The third kappa shape index (κ3) is 5.57. The van der Waals surface area contributed by atoms with Gasteiger partial charge in [-0.3, -0.25) is 0 Å². The molecule has 4 heteroatoms. The van der Waals surface area contributed by atoms with Gasteiger partial charge in [-0.1, -0.05) is 146 Å². The average molecular weight is 747 g/mol. The molecule has 58 heavy (non-hydrogen) atoms. The third-order valence-electron chi connectivity index (χ3n) is 11.3. The number of nitrogens with zero attached hydrogens (tertiary/aromatic N) is 2. The topological polar surface area (TPSA) is 21.3 Å². The van der Waals surface area contributed by atoms with Gasteiger partial charge >= 0.3 is 0 Å². The van der Waals surface area contributed by atoms with Crippen LogP contribution in [0.1, 0.15) is 0 Å². The number of hydrogen-bond acceptors (Lipinski definition) is 2. The van der Waals surface area contributed by atoms with Gasteiger partial charge in [-0.2, -0.15) is 0 Å². The van der Waals surface area contributed by atoms with Gasteiger partial charge in [0.25, 0.3) is 0 Å². The molecule has 0 N–H and O–H groups in total. The zero-order valence-corrected chi connectivity index (χ0v) is 31.4. The minimum atomic E-state index is -0.237.